The number of hydrogen-bond donors (Lipinski definition) is 0. The minimum atomic E-state index is -0.101. The van der Waals surface area contributed by atoms with Crippen molar-refractivity contribution in [2.45, 2.75) is 13.3 Å². The van der Waals surface area contributed by atoms with Gasteiger partial charge in [-0.3, -0.25) is 4.79 Å². The van der Waals surface area contributed by atoms with Gasteiger partial charge in [-0.15, -0.1) is 5.10 Å². The van der Waals surface area contributed by atoms with Crippen LogP contribution in [-0.4, -0.2) is 63.7 Å². The van der Waals surface area contributed by atoms with Crippen molar-refractivity contribution >= 4 is 17.5 Å². The lowest BCUT2D eigenvalue weighted by molar-refractivity contribution is 0.0750. The average molecular weight is 334 g/mol. The molecule has 1 aromatic carbocycles. The van der Waals surface area contributed by atoms with Crippen molar-refractivity contribution in [3.63, 3.8) is 0 Å². The molecule has 7 heteroatoms. The third-order valence-electron chi connectivity index (χ3n) is 4.04. The number of hydrogen-bond acceptors (Lipinski definition) is 4. The van der Waals surface area contributed by atoms with Gasteiger partial charge in [0.2, 0.25) is 5.82 Å². The number of nitrogens with zero attached hydrogens (tertiary/aromatic N) is 5. The molecule has 122 valence electrons. The Morgan fingerprint density at radius 2 is 1.87 bits per heavy atom. The second-order valence-corrected chi connectivity index (χ2v) is 6.26. The Bertz CT molecular complexity index is 697. The summed E-state index contributed by atoms with van der Waals surface area (Å²) in [5.41, 5.74) is 0.842. The van der Waals surface area contributed by atoms with Gasteiger partial charge in [-0.25, -0.2) is 9.67 Å². The lowest BCUT2D eigenvalue weighted by atomic mass is 10.3. The number of benzene rings is 1. The Morgan fingerprint density at radius 3 is 2.61 bits per heavy atom. The van der Waals surface area contributed by atoms with Crippen molar-refractivity contribution in [1.29, 1.82) is 0 Å². The number of aromatic nitrogens is 3. The normalized spacial score (nSPS) is 16.4. The molecule has 23 heavy (non-hydrogen) atoms. The average Bonchev–Trinajstić information content (AvgIpc) is 2.79. The van der Waals surface area contributed by atoms with Gasteiger partial charge in [-0.1, -0.05) is 11.6 Å². The summed E-state index contributed by atoms with van der Waals surface area (Å²) in [6.07, 6.45) is 0.971. The van der Waals surface area contributed by atoms with E-state index in [4.69, 9.17) is 11.6 Å². The first-order valence-electron chi connectivity index (χ1n) is 7.72. The molecular weight excluding hydrogens is 314 g/mol. The maximum Gasteiger partial charge on any atom is 0.293 e. The second kappa shape index (κ2) is 6.68. The monoisotopic (exact) mass is 333 g/mol. The van der Waals surface area contributed by atoms with E-state index in [1.54, 1.807) is 16.8 Å². The number of aryl methyl sites for hydroxylation is 1. The maximum absolute atomic E-state index is 12.7. The molecule has 0 bridgehead atoms. The van der Waals surface area contributed by atoms with Crippen LogP contribution in [0, 0.1) is 6.92 Å². The molecule has 0 aliphatic carbocycles. The molecule has 1 amide bonds. The predicted octanol–water partition coefficient (Wildman–Crippen LogP) is 2.01. The van der Waals surface area contributed by atoms with E-state index in [1.165, 1.54) is 0 Å². The number of amides is 1. The molecular formula is C16H20ClN5O. The Hall–Kier alpha value is -1.92. The highest BCUT2D eigenvalue weighted by molar-refractivity contribution is 6.30. The zero-order valence-electron chi connectivity index (χ0n) is 13.4. The fraction of sp³-hybridized carbons (Fsp3) is 0.438. The molecule has 6 nitrogen and oxygen atoms in total. The first-order chi connectivity index (χ1) is 11.0. The van der Waals surface area contributed by atoms with E-state index in [-0.39, 0.29) is 11.7 Å². The van der Waals surface area contributed by atoms with Crippen LogP contribution in [0.1, 0.15) is 22.9 Å². The number of carbonyl (C=O) groups is 1. The largest absolute Gasteiger partial charge is 0.335 e. The van der Waals surface area contributed by atoms with E-state index in [0.29, 0.717) is 17.4 Å². The lowest BCUT2D eigenvalue weighted by Crippen LogP contribution is -2.35. The smallest absolute Gasteiger partial charge is 0.293 e. The SMILES string of the molecule is Cc1nc(C(=O)N2CCCN(C)CC2)nn1-c1ccc(Cl)cc1. The fourth-order valence-electron chi connectivity index (χ4n) is 2.70. The molecule has 1 aliphatic rings. The molecule has 0 saturated carbocycles. The highest BCUT2D eigenvalue weighted by Gasteiger charge is 2.23. The third-order valence-corrected chi connectivity index (χ3v) is 4.29. The van der Waals surface area contributed by atoms with Crippen LogP contribution >= 0.6 is 11.6 Å². The summed E-state index contributed by atoms with van der Waals surface area (Å²) in [7, 11) is 2.08. The Kier molecular flexibility index (Phi) is 4.63. The van der Waals surface area contributed by atoms with Crippen LogP contribution in [0.2, 0.25) is 5.02 Å². The van der Waals surface area contributed by atoms with Crippen LogP contribution in [0.25, 0.3) is 5.69 Å². The lowest BCUT2D eigenvalue weighted by Gasteiger charge is -2.18. The van der Waals surface area contributed by atoms with Crippen molar-refractivity contribution in [3.8, 4) is 5.69 Å². The highest BCUT2D eigenvalue weighted by atomic mass is 35.5. The van der Waals surface area contributed by atoms with Crippen molar-refractivity contribution in [2.24, 2.45) is 0 Å². The maximum atomic E-state index is 12.7. The van der Waals surface area contributed by atoms with E-state index < -0.39 is 0 Å². The Labute approximate surface area is 140 Å². The van der Waals surface area contributed by atoms with Crippen molar-refractivity contribution in [2.75, 3.05) is 33.2 Å². The molecule has 0 unspecified atom stereocenters. The van der Waals surface area contributed by atoms with E-state index in [1.807, 2.05) is 24.0 Å². The fourth-order valence-corrected chi connectivity index (χ4v) is 2.82. The number of likely N-dealkylation sites (N-methyl/N-ethyl adjacent to an activating group) is 1. The molecule has 0 N–H and O–H groups in total. The summed E-state index contributed by atoms with van der Waals surface area (Å²) in [5.74, 6) is 0.834. The van der Waals surface area contributed by atoms with Crippen LogP contribution < -0.4 is 0 Å². The minimum absolute atomic E-state index is 0.101. The summed E-state index contributed by atoms with van der Waals surface area (Å²) in [6, 6.07) is 7.31. The van der Waals surface area contributed by atoms with Gasteiger partial charge in [0.25, 0.3) is 5.91 Å². The van der Waals surface area contributed by atoms with Crippen LogP contribution in [0.15, 0.2) is 24.3 Å². The summed E-state index contributed by atoms with van der Waals surface area (Å²) in [6.45, 7) is 5.19. The molecule has 0 spiro atoms. The van der Waals surface area contributed by atoms with Gasteiger partial charge in [0.15, 0.2) is 0 Å². The van der Waals surface area contributed by atoms with Gasteiger partial charge in [0.05, 0.1) is 5.69 Å². The summed E-state index contributed by atoms with van der Waals surface area (Å²) >= 11 is 5.91. The molecule has 3 rings (SSSR count). The van der Waals surface area contributed by atoms with E-state index >= 15 is 0 Å². The van der Waals surface area contributed by atoms with Gasteiger partial charge in [0.1, 0.15) is 5.82 Å². The molecule has 0 atom stereocenters. The van der Waals surface area contributed by atoms with E-state index in [0.717, 1.165) is 31.7 Å². The van der Waals surface area contributed by atoms with Gasteiger partial charge in [-0.05, 0) is 51.2 Å². The van der Waals surface area contributed by atoms with Gasteiger partial charge < -0.3 is 9.80 Å². The molecule has 1 aliphatic heterocycles. The van der Waals surface area contributed by atoms with Crippen molar-refractivity contribution in [1.82, 2.24) is 24.6 Å². The number of rotatable bonds is 2. The second-order valence-electron chi connectivity index (χ2n) is 5.82. The Balaban J connectivity index is 1.82. The van der Waals surface area contributed by atoms with Crippen LogP contribution in [0.3, 0.4) is 0 Å². The van der Waals surface area contributed by atoms with Gasteiger partial charge >= 0.3 is 0 Å². The first kappa shape index (κ1) is 16.0. The molecule has 2 heterocycles. The van der Waals surface area contributed by atoms with Crippen molar-refractivity contribution < 1.29 is 4.79 Å². The van der Waals surface area contributed by atoms with E-state index in [9.17, 15) is 4.79 Å². The zero-order chi connectivity index (χ0) is 16.4. The summed E-state index contributed by atoms with van der Waals surface area (Å²) in [4.78, 5) is 21.1. The third kappa shape index (κ3) is 3.54. The highest BCUT2D eigenvalue weighted by Crippen LogP contribution is 2.15. The van der Waals surface area contributed by atoms with Crippen LogP contribution in [-0.2, 0) is 0 Å². The molecule has 1 aromatic heterocycles. The topological polar surface area (TPSA) is 54.3 Å². The summed E-state index contributed by atoms with van der Waals surface area (Å²) in [5, 5.41) is 5.06. The molecule has 1 fully saturated rings. The molecule has 1 saturated heterocycles. The van der Waals surface area contributed by atoms with Gasteiger partial charge in [-0.2, -0.15) is 0 Å². The number of halogens is 1. The molecule has 2 aromatic rings. The Morgan fingerprint density at radius 1 is 1.13 bits per heavy atom. The van der Waals surface area contributed by atoms with Crippen LogP contribution in [0.4, 0.5) is 0 Å². The minimum Gasteiger partial charge on any atom is -0.335 e. The van der Waals surface area contributed by atoms with Gasteiger partial charge in [0, 0.05) is 24.7 Å². The predicted molar refractivity (Wildman–Crippen MR) is 89.1 cm³/mol. The quantitative estimate of drug-likeness (QED) is 0.843. The number of carbonyl (C=O) groups excluding carboxylic acids is 1. The van der Waals surface area contributed by atoms with Crippen LogP contribution in [0.5, 0.6) is 0 Å². The van der Waals surface area contributed by atoms with Crippen molar-refractivity contribution in [3.05, 3.63) is 40.9 Å². The first-order valence-corrected chi connectivity index (χ1v) is 8.10. The zero-order valence-corrected chi connectivity index (χ0v) is 14.1. The van der Waals surface area contributed by atoms with E-state index in [2.05, 4.69) is 22.0 Å². The summed E-state index contributed by atoms with van der Waals surface area (Å²) < 4.78 is 1.67. The molecule has 0 radical (unpaired) electrons. The standard InChI is InChI=1S/C16H20ClN5O/c1-12-18-15(16(23)21-9-3-8-20(2)10-11-21)19-22(12)14-6-4-13(17)5-7-14/h4-7H,3,8-11H2,1-2H3.